The summed E-state index contributed by atoms with van der Waals surface area (Å²) >= 11 is 1.73. The quantitative estimate of drug-likeness (QED) is 0.754. The summed E-state index contributed by atoms with van der Waals surface area (Å²) < 4.78 is 0. The fourth-order valence-corrected chi connectivity index (χ4v) is 3.47. The molecule has 0 aromatic carbocycles. The number of aliphatic carboxylic acids is 1. The lowest BCUT2D eigenvalue weighted by molar-refractivity contribution is -0.141. The van der Waals surface area contributed by atoms with Gasteiger partial charge in [-0.3, -0.25) is 9.59 Å². The molecule has 0 bridgehead atoms. The molecule has 0 spiro atoms. The van der Waals surface area contributed by atoms with Crippen molar-refractivity contribution in [2.24, 2.45) is 0 Å². The number of carbonyl (C=O) groups is 2. The highest BCUT2D eigenvalue weighted by Crippen LogP contribution is 2.21. The van der Waals surface area contributed by atoms with Crippen molar-refractivity contribution in [3.63, 3.8) is 0 Å². The predicted octanol–water partition coefficient (Wildman–Crippen LogP) is 0.157. The van der Waals surface area contributed by atoms with Gasteiger partial charge in [0.2, 0.25) is 5.91 Å². The summed E-state index contributed by atoms with van der Waals surface area (Å²) in [6, 6.07) is -0.226. The predicted molar refractivity (Wildman–Crippen MR) is 66.1 cm³/mol. The van der Waals surface area contributed by atoms with E-state index in [9.17, 15) is 9.59 Å². The maximum atomic E-state index is 12.3. The SMILES string of the molecule is O=C(O)CC1CSCCN1C(=O)[C@@H]1CCCN1. The Hall–Kier alpha value is -0.750. The second-order valence-electron chi connectivity index (χ2n) is 4.51. The van der Waals surface area contributed by atoms with E-state index in [-0.39, 0.29) is 24.4 Å². The van der Waals surface area contributed by atoms with Gasteiger partial charge in [-0.25, -0.2) is 0 Å². The first-order valence-electron chi connectivity index (χ1n) is 6.02. The number of carboxylic acids is 1. The van der Waals surface area contributed by atoms with E-state index in [0.717, 1.165) is 30.9 Å². The first-order chi connectivity index (χ1) is 8.18. The van der Waals surface area contributed by atoms with Crippen LogP contribution in [0.25, 0.3) is 0 Å². The molecular formula is C11H18N2O3S. The number of rotatable bonds is 3. The zero-order chi connectivity index (χ0) is 12.3. The molecule has 2 rings (SSSR count). The second kappa shape index (κ2) is 5.73. The van der Waals surface area contributed by atoms with Crippen LogP contribution in [0, 0.1) is 0 Å². The number of nitrogens with one attached hydrogen (secondary N) is 1. The van der Waals surface area contributed by atoms with Crippen molar-refractivity contribution in [1.82, 2.24) is 10.2 Å². The van der Waals surface area contributed by atoms with Gasteiger partial charge < -0.3 is 15.3 Å². The summed E-state index contributed by atoms with van der Waals surface area (Å²) in [6.45, 7) is 1.57. The Kier molecular flexibility index (Phi) is 4.28. The molecule has 1 amide bonds. The number of thioether (sulfide) groups is 1. The molecule has 2 aliphatic heterocycles. The van der Waals surface area contributed by atoms with Gasteiger partial charge in [-0.05, 0) is 19.4 Å². The number of carboxylic acid groups (broad SMARTS) is 1. The van der Waals surface area contributed by atoms with Crippen LogP contribution < -0.4 is 5.32 Å². The minimum atomic E-state index is -0.824. The minimum Gasteiger partial charge on any atom is -0.481 e. The van der Waals surface area contributed by atoms with E-state index >= 15 is 0 Å². The third-order valence-corrected chi connectivity index (χ3v) is 4.37. The Bertz CT molecular complexity index is 305. The Morgan fingerprint density at radius 3 is 2.94 bits per heavy atom. The van der Waals surface area contributed by atoms with Crippen molar-refractivity contribution >= 4 is 23.6 Å². The molecule has 17 heavy (non-hydrogen) atoms. The summed E-state index contributed by atoms with van der Waals surface area (Å²) in [5.74, 6) is 0.919. The number of hydrogen-bond acceptors (Lipinski definition) is 4. The van der Waals surface area contributed by atoms with E-state index in [1.54, 1.807) is 16.7 Å². The Labute approximate surface area is 105 Å². The van der Waals surface area contributed by atoms with Crippen LogP contribution in [0.4, 0.5) is 0 Å². The van der Waals surface area contributed by atoms with Gasteiger partial charge in [0.25, 0.3) is 0 Å². The van der Waals surface area contributed by atoms with Gasteiger partial charge in [0.1, 0.15) is 0 Å². The van der Waals surface area contributed by atoms with Gasteiger partial charge in [0, 0.05) is 18.1 Å². The lowest BCUT2D eigenvalue weighted by atomic mass is 10.1. The van der Waals surface area contributed by atoms with Crippen LogP contribution in [0.15, 0.2) is 0 Å². The fourth-order valence-electron chi connectivity index (χ4n) is 2.41. The molecule has 0 saturated carbocycles. The third-order valence-electron chi connectivity index (χ3n) is 3.28. The Balaban J connectivity index is 1.99. The van der Waals surface area contributed by atoms with Gasteiger partial charge in [-0.1, -0.05) is 0 Å². The molecule has 2 saturated heterocycles. The molecule has 2 atom stereocenters. The Morgan fingerprint density at radius 2 is 2.29 bits per heavy atom. The number of hydrogen-bond donors (Lipinski definition) is 2. The van der Waals surface area contributed by atoms with Crippen molar-refractivity contribution in [2.75, 3.05) is 24.6 Å². The topological polar surface area (TPSA) is 69.6 Å². The molecule has 2 N–H and O–H groups in total. The van der Waals surface area contributed by atoms with Crippen LogP contribution in [0.1, 0.15) is 19.3 Å². The van der Waals surface area contributed by atoms with Crippen LogP contribution >= 0.6 is 11.8 Å². The monoisotopic (exact) mass is 258 g/mol. The first kappa shape index (κ1) is 12.7. The molecule has 2 aliphatic rings. The highest BCUT2D eigenvalue weighted by molar-refractivity contribution is 7.99. The highest BCUT2D eigenvalue weighted by Gasteiger charge is 2.33. The van der Waals surface area contributed by atoms with Gasteiger partial charge >= 0.3 is 5.97 Å². The number of nitrogens with zero attached hydrogens (tertiary/aromatic N) is 1. The van der Waals surface area contributed by atoms with Crippen LogP contribution in [0.5, 0.6) is 0 Å². The first-order valence-corrected chi connectivity index (χ1v) is 7.17. The average molecular weight is 258 g/mol. The van der Waals surface area contributed by atoms with Crippen molar-refractivity contribution in [3.05, 3.63) is 0 Å². The molecule has 0 aromatic heterocycles. The van der Waals surface area contributed by atoms with Crippen LogP contribution in [-0.4, -0.2) is 58.6 Å². The van der Waals surface area contributed by atoms with E-state index in [2.05, 4.69) is 5.32 Å². The van der Waals surface area contributed by atoms with E-state index in [1.165, 1.54) is 0 Å². The molecule has 1 unspecified atom stereocenters. The lowest BCUT2D eigenvalue weighted by Gasteiger charge is -2.36. The second-order valence-corrected chi connectivity index (χ2v) is 5.66. The van der Waals surface area contributed by atoms with E-state index in [0.29, 0.717) is 6.54 Å². The van der Waals surface area contributed by atoms with Gasteiger partial charge in [0.15, 0.2) is 0 Å². The number of carbonyl (C=O) groups excluding carboxylic acids is 1. The molecule has 96 valence electrons. The number of amides is 1. The van der Waals surface area contributed by atoms with Crippen LogP contribution in [0.3, 0.4) is 0 Å². The molecule has 5 nitrogen and oxygen atoms in total. The molecule has 0 radical (unpaired) electrons. The van der Waals surface area contributed by atoms with Crippen LogP contribution in [0.2, 0.25) is 0 Å². The lowest BCUT2D eigenvalue weighted by Crippen LogP contribution is -2.52. The summed E-state index contributed by atoms with van der Waals surface area (Å²) in [7, 11) is 0. The van der Waals surface area contributed by atoms with Crippen molar-refractivity contribution < 1.29 is 14.7 Å². The third kappa shape index (κ3) is 3.13. The van der Waals surface area contributed by atoms with E-state index in [1.807, 2.05) is 0 Å². The summed E-state index contributed by atoms with van der Waals surface area (Å²) in [4.78, 5) is 24.8. The maximum Gasteiger partial charge on any atom is 0.305 e. The summed E-state index contributed by atoms with van der Waals surface area (Å²) in [5.41, 5.74) is 0. The standard InChI is InChI=1S/C11H18N2O3S/c14-10(15)6-8-7-17-5-4-13(8)11(16)9-2-1-3-12-9/h8-9,12H,1-7H2,(H,14,15)/t8?,9-/m0/s1. The van der Waals surface area contributed by atoms with Gasteiger partial charge in [-0.15, -0.1) is 0 Å². The van der Waals surface area contributed by atoms with E-state index < -0.39 is 5.97 Å². The normalized spacial score (nSPS) is 29.3. The molecular weight excluding hydrogens is 240 g/mol. The smallest absolute Gasteiger partial charge is 0.305 e. The van der Waals surface area contributed by atoms with Crippen LogP contribution in [-0.2, 0) is 9.59 Å². The van der Waals surface area contributed by atoms with Gasteiger partial charge in [0.05, 0.1) is 18.5 Å². The van der Waals surface area contributed by atoms with E-state index in [4.69, 9.17) is 5.11 Å². The van der Waals surface area contributed by atoms with Crippen molar-refractivity contribution in [1.29, 1.82) is 0 Å². The van der Waals surface area contributed by atoms with Gasteiger partial charge in [-0.2, -0.15) is 11.8 Å². The molecule has 0 aromatic rings. The molecule has 0 aliphatic carbocycles. The highest BCUT2D eigenvalue weighted by atomic mass is 32.2. The minimum absolute atomic E-state index is 0.0610. The molecule has 2 heterocycles. The zero-order valence-corrected chi connectivity index (χ0v) is 10.5. The fraction of sp³-hybridized carbons (Fsp3) is 0.818. The zero-order valence-electron chi connectivity index (χ0n) is 9.72. The largest absolute Gasteiger partial charge is 0.481 e. The maximum absolute atomic E-state index is 12.3. The average Bonchev–Trinajstić information content (AvgIpc) is 2.81. The Morgan fingerprint density at radius 1 is 1.47 bits per heavy atom. The van der Waals surface area contributed by atoms with Crippen molar-refractivity contribution in [3.8, 4) is 0 Å². The van der Waals surface area contributed by atoms with Crippen molar-refractivity contribution in [2.45, 2.75) is 31.3 Å². The summed E-state index contributed by atoms with van der Waals surface area (Å²) in [5, 5.41) is 12.0. The molecule has 6 heteroatoms. The summed E-state index contributed by atoms with van der Waals surface area (Å²) in [6.07, 6.45) is 1.97. The molecule has 2 fully saturated rings.